The van der Waals surface area contributed by atoms with Crippen molar-refractivity contribution in [2.24, 2.45) is 0 Å². The Kier molecular flexibility index (Phi) is 7.17. The van der Waals surface area contributed by atoms with Crippen molar-refractivity contribution in [2.75, 3.05) is 31.4 Å². The second-order valence-corrected chi connectivity index (χ2v) is 9.92. The number of ether oxygens (including phenoxy) is 2. The van der Waals surface area contributed by atoms with Gasteiger partial charge in [-0.3, -0.25) is 4.79 Å². The zero-order chi connectivity index (χ0) is 25.0. The molecule has 0 aliphatic carbocycles. The van der Waals surface area contributed by atoms with Crippen LogP contribution in [0.1, 0.15) is 18.5 Å². The van der Waals surface area contributed by atoms with Crippen LogP contribution in [0, 0.1) is 6.92 Å². The Morgan fingerprint density at radius 1 is 1.00 bits per heavy atom. The fourth-order valence-corrected chi connectivity index (χ4v) is 5.61. The molecule has 2 aromatic carbocycles. The number of aromatic nitrogens is 2. The Morgan fingerprint density at radius 2 is 1.71 bits per heavy atom. The van der Waals surface area contributed by atoms with Gasteiger partial charge in [-0.05, 0) is 56.2 Å². The standard InChI is InChI=1S/C24H27N5O5S/c1-16-13-23(26-15-25-16)27-17-6-8-18(9-7-17)28-24(30)20-5-4-12-29(20)35(31,32)19-10-11-21(33-2)22(14-19)34-3/h6-11,13-15,20H,4-5,12H2,1-3H3,(H,28,30)(H,25,26,27). The van der Waals surface area contributed by atoms with E-state index < -0.39 is 16.1 Å². The zero-order valence-corrected chi connectivity index (χ0v) is 20.5. The van der Waals surface area contributed by atoms with Crippen molar-refractivity contribution in [2.45, 2.75) is 30.7 Å². The minimum Gasteiger partial charge on any atom is -0.493 e. The number of nitrogens with one attached hydrogen (secondary N) is 2. The third-order valence-corrected chi connectivity index (χ3v) is 7.60. The second kappa shape index (κ2) is 10.3. The van der Waals surface area contributed by atoms with Crippen LogP contribution in [-0.4, -0.2) is 55.4 Å². The van der Waals surface area contributed by atoms with Gasteiger partial charge in [0.15, 0.2) is 11.5 Å². The predicted molar refractivity (Wildman–Crippen MR) is 132 cm³/mol. The molecule has 0 saturated carbocycles. The van der Waals surface area contributed by atoms with Crippen molar-refractivity contribution >= 4 is 33.1 Å². The van der Waals surface area contributed by atoms with Crippen LogP contribution >= 0.6 is 0 Å². The van der Waals surface area contributed by atoms with Gasteiger partial charge in [0.1, 0.15) is 18.2 Å². The first kappa shape index (κ1) is 24.4. The minimum absolute atomic E-state index is 0.0465. The smallest absolute Gasteiger partial charge is 0.243 e. The monoisotopic (exact) mass is 497 g/mol. The summed E-state index contributed by atoms with van der Waals surface area (Å²) in [5, 5.41) is 6.01. The van der Waals surface area contributed by atoms with Crippen LogP contribution < -0.4 is 20.1 Å². The van der Waals surface area contributed by atoms with Gasteiger partial charge >= 0.3 is 0 Å². The summed E-state index contributed by atoms with van der Waals surface area (Å²) in [7, 11) is -0.994. The van der Waals surface area contributed by atoms with Crippen molar-refractivity contribution in [3.63, 3.8) is 0 Å². The van der Waals surface area contributed by atoms with E-state index in [0.717, 1.165) is 11.4 Å². The Hall–Kier alpha value is -3.70. The summed E-state index contributed by atoms with van der Waals surface area (Å²) >= 11 is 0. The van der Waals surface area contributed by atoms with E-state index in [1.807, 2.05) is 13.0 Å². The fourth-order valence-electron chi connectivity index (χ4n) is 3.94. The van der Waals surface area contributed by atoms with Crippen LogP contribution in [0.2, 0.25) is 0 Å². The Bertz CT molecular complexity index is 1310. The van der Waals surface area contributed by atoms with Gasteiger partial charge < -0.3 is 20.1 Å². The first-order chi connectivity index (χ1) is 16.8. The fraction of sp³-hybridized carbons (Fsp3) is 0.292. The molecule has 2 heterocycles. The van der Waals surface area contributed by atoms with Crippen LogP contribution in [0.5, 0.6) is 11.5 Å². The summed E-state index contributed by atoms with van der Waals surface area (Å²) in [5.41, 5.74) is 2.20. The molecule has 0 radical (unpaired) electrons. The molecule has 35 heavy (non-hydrogen) atoms. The molecular formula is C24H27N5O5S. The third-order valence-electron chi connectivity index (χ3n) is 5.70. The van der Waals surface area contributed by atoms with Crippen LogP contribution in [-0.2, 0) is 14.8 Å². The number of benzene rings is 2. The molecule has 1 aliphatic heterocycles. The van der Waals surface area contributed by atoms with E-state index >= 15 is 0 Å². The number of carbonyl (C=O) groups is 1. The number of hydrogen-bond donors (Lipinski definition) is 2. The van der Waals surface area contributed by atoms with Gasteiger partial charge in [-0.25, -0.2) is 18.4 Å². The number of sulfonamides is 1. The van der Waals surface area contributed by atoms with Crippen LogP contribution in [0.3, 0.4) is 0 Å². The third kappa shape index (κ3) is 5.36. The lowest BCUT2D eigenvalue weighted by Crippen LogP contribution is -2.43. The normalized spacial score (nSPS) is 16.0. The molecule has 0 spiro atoms. The van der Waals surface area contributed by atoms with E-state index in [9.17, 15) is 13.2 Å². The van der Waals surface area contributed by atoms with E-state index in [-0.39, 0.29) is 17.3 Å². The van der Waals surface area contributed by atoms with Crippen LogP contribution in [0.4, 0.5) is 17.2 Å². The van der Waals surface area contributed by atoms with E-state index in [1.54, 1.807) is 24.3 Å². The number of carbonyl (C=O) groups excluding carboxylic acids is 1. The minimum atomic E-state index is -3.91. The molecule has 1 fully saturated rings. The van der Waals surface area contributed by atoms with Gasteiger partial charge in [0.25, 0.3) is 0 Å². The molecule has 1 aromatic heterocycles. The highest BCUT2D eigenvalue weighted by Gasteiger charge is 2.39. The molecule has 1 unspecified atom stereocenters. The number of anilines is 3. The molecule has 1 aliphatic rings. The first-order valence-electron chi connectivity index (χ1n) is 11.0. The lowest BCUT2D eigenvalue weighted by atomic mass is 10.2. The number of hydrogen-bond acceptors (Lipinski definition) is 8. The van der Waals surface area contributed by atoms with E-state index in [4.69, 9.17) is 9.47 Å². The van der Waals surface area contributed by atoms with Gasteiger partial charge in [0.2, 0.25) is 15.9 Å². The second-order valence-electron chi connectivity index (χ2n) is 8.03. The molecule has 4 rings (SSSR count). The quantitative estimate of drug-likeness (QED) is 0.486. The molecule has 1 saturated heterocycles. The number of methoxy groups -OCH3 is 2. The van der Waals surface area contributed by atoms with Crippen LogP contribution in [0.25, 0.3) is 0 Å². The Labute approximate surface area is 204 Å². The van der Waals surface area contributed by atoms with Crippen molar-refractivity contribution in [1.29, 1.82) is 0 Å². The van der Waals surface area contributed by atoms with Gasteiger partial charge in [-0.1, -0.05) is 0 Å². The van der Waals surface area contributed by atoms with E-state index in [1.165, 1.54) is 43.1 Å². The summed E-state index contributed by atoms with van der Waals surface area (Å²) in [5.74, 6) is 1.02. The molecule has 10 nitrogen and oxygen atoms in total. The van der Waals surface area contributed by atoms with Crippen molar-refractivity contribution in [3.05, 3.63) is 60.6 Å². The SMILES string of the molecule is COc1ccc(S(=O)(=O)N2CCCC2C(=O)Nc2ccc(Nc3cc(C)ncn3)cc2)cc1OC. The summed E-state index contributed by atoms with van der Waals surface area (Å²) in [6.07, 6.45) is 2.51. The first-order valence-corrected chi connectivity index (χ1v) is 12.5. The molecule has 2 N–H and O–H groups in total. The predicted octanol–water partition coefficient (Wildman–Crippen LogP) is 3.34. The highest BCUT2D eigenvalue weighted by atomic mass is 32.2. The molecule has 1 amide bonds. The maximum atomic E-state index is 13.3. The topological polar surface area (TPSA) is 123 Å². The average Bonchev–Trinajstić information content (AvgIpc) is 3.36. The number of nitrogens with zero attached hydrogens (tertiary/aromatic N) is 3. The highest BCUT2D eigenvalue weighted by molar-refractivity contribution is 7.89. The summed E-state index contributed by atoms with van der Waals surface area (Å²) in [4.78, 5) is 21.3. The van der Waals surface area contributed by atoms with Crippen molar-refractivity contribution in [1.82, 2.24) is 14.3 Å². The highest BCUT2D eigenvalue weighted by Crippen LogP contribution is 2.33. The molecule has 184 valence electrons. The van der Waals surface area contributed by atoms with E-state index in [0.29, 0.717) is 35.8 Å². The Balaban J connectivity index is 1.46. The number of amides is 1. The zero-order valence-electron chi connectivity index (χ0n) is 19.7. The lowest BCUT2D eigenvalue weighted by molar-refractivity contribution is -0.119. The Morgan fingerprint density at radius 3 is 2.40 bits per heavy atom. The molecule has 11 heteroatoms. The molecule has 1 atom stereocenters. The van der Waals surface area contributed by atoms with Crippen molar-refractivity contribution in [3.8, 4) is 11.5 Å². The maximum absolute atomic E-state index is 13.3. The maximum Gasteiger partial charge on any atom is 0.243 e. The number of aryl methyl sites for hydroxylation is 1. The summed E-state index contributed by atoms with van der Waals surface area (Å²) < 4.78 is 38.4. The molecule has 3 aromatic rings. The summed E-state index contributed by atoms with van der Waals surface area (Å²) in [6.45, 7) is 2.14. The largest absolute Gasteiger partial charge is 0.493 e. The van der Waals surface area contributed by atoms with Gasteiger partial charge in [-0.2, -0.15) is 4.31 Å². The van der Waals surface area contributed by atoms with Crippen LogP contribution in [0.15, 0.2) is 59.8 Å². The lowest BCUT2D eigenvalue weighted by Gasteiger charge is -2.24. The van der Waals surface area contributed by atoms with Gasteiger partial charge in [0, 0.05) is 35.7 Å². The summed E-state index contributed by atoms with van der Waals surface area (Å²) in [6, 6.07) is 12.5. The number of rotatable bonds is 8. The van der Waals surface area contributed by atoms with Gasteiger partial charge in [-0.15, -0.1) is 0 Å². The van der Waals surface area contributed by atoms with E-state index in [2.05, 4.69) is 20.6 Å². The molecule has 0 bridgehead atoms. The van der Waals surface area contributed by atoms with Crippen molar-refractivity contribution < 1.29 is 22.7 Å². The molecular weight excluding hydrogens is 470 g/mol. The average molecular weight is 498 g/mol. The van der Waals surface area contributed by atoms with Gasteiger partial charge in [0.05, 0.1) is 19.1 Å².